The summed E-state index contributed by atoms with van der Waals surface area (Å²) in [6.07, 6.45) is 0. The van der Waals surface area contributed by atoms with Crippen LogP contribution in [0.1, 0.15) is 24.2 Å². The Morgan fingerprint density at radius 1 is 1.41 bits per heavy atom. The summed E-state index contributed by atoms with van der Waals surface area (Å²) in [4.78, 5) is 23.2. The Balaban J connectivity index is 2.67. The molecule has 0 saturated heterocycles. The molecular formula is C12H14BrNO3. The van der Waals surface area contributed by atoms with E-state index in [1.165, 1.54) is 0 Å². The minimum absolute atomic E-state index is 0.300. The Morgan fingerprint density at radius 2 is 2.06 bits per heavy atom. The molecule has 5 heteroatoms. The molecule has 17 heavy (non-hydrogen) atoms. The van der Waals surface area contributed by atoms with E-state index >= 15 is 0 Å². The van der Waals surface area contributed by atoms with Crippen molar-refractivity contribution in [3.8, 4) is 0 Å². The van der Waals surface area contributed by atoms with E-state index in [2.05, 4.69) is 21.2 Å². The van der Waals surface area contributed by atoms with Gasteiger partial charge in [-0.2, -0.15) is 0 Å². The van der Waals surface area contributed by atoms with Crippen molar-refractivity contribution < 1.29 is 14.3 Å². The molecule has 4 nitrogen and oxygen atoms in total. The molecule has 1 rings (SSSR count). The Hall–Kier alpha value is -1.36. The summed E-state index contributed by atoms with van der Waals surface area (Å²) in [5, 5.41) is 2.58. The summed E-state index contributed by atoms with van der Waals surface area (Å²) in [5.74, 6) is -0.745. The van der Waals surface area contributed by atoms with Crippen molar-refractivity contribution in [2.24, 2.45) is 0 Å². The van der Waals surface area contributed by atoms with Gasteiger partial charge in [-0.05, 0) is 41.9 Å². The Morgan fingerprint density at radius 3 is 2.65 bits per heavy atom. The van der Waals surface area contributed by atoms with Crippen molar-refractivity contribution in [2.45, 2.75) is 19.9 Å². The molecule has 0 aliphatic carbocycles. The molecule has 0 fully saturated rings. The average Bonchev–Trinajstić information content (AvgIpc) is 2.29. The average molecular weight is 300 g/mol. The lowest BCUT2D eigenvalue weighted by molar-refractivity contribution is -0.144. The van der Waals surface area contributed by atoms with Crippen molar-refractivity contribution in [2.75, 3.05) is 6.61 Å². The molecule has 1 N–H and O–H groups in total. The first-order valence-electron chi connectivity index (χ1n) is 5.28. The summed E-state index contributed by atoms with van der Waals surface area (Å²) >= 11 is 3.28. The second-order valence-corrected chi connectivity index (χ2v) is 4.28. The fourth-order valence-electron chi connectivity index (χ4n) is 1.25. The number of ether oxygens (including phenoxy) is 1. The van der Waals surface area contributed by atoms with Gasteiger partial charge in [0.15, 0.2) is 0 Å². The number of esters is 1. The van der Waals surface area contributed by atoms with Crippen molar-refractivity contribution in [1.82, 2.24) is 5.32 Å². The summed E-state index contributed by atoms with van der Waals surface area (Å²) < 4.78 is 5.49. The fraction of sp³-hybridized carbons (Fsp3) is 0.333. The standard InChI is InChI=1S/C12H14BrNO3/c1-3-17-12(16)8(2)14-11(15)9-6-4-5-7-10(9)13/h4-8H,3H2,1-2H3,(H,14,15). The highest BCUT2D eigenvalue weighted by atomic mass is 79.9. The third kappa shape index (κ3) is 3.85. The molecule has 0 heterocycles. The third-order valence-corrected chi connectivity index (χ3v) is 2.80. The highest BCUT2D eigenvalue weighted by Gasteiger charge is 2.18. The van der Waals surface area contributed by atoms with Crippen LogP contribution in [0.25, 0.3) is 0 Å². The van der Waals surface area contributed by atoms with Crippen molar-refractivity contribution >= 4 is 27.8 Å². The lowest BCUT2D eigenvalue weighted by Crippen LogP contribution is -2.39. The second kappa shape index (κ2) is 6.39. The molecule has 0 aliphatic rings. The van der Waals surface area contributed by atoms with E-state index in [9.17, 15) is 9.59 Å². The predicted octanol–water partition coefficient (Wildman–Crippen LogP) is 2.13. The number of benzene rings is 1. The van der Waals surface area contributed by atoms with Crippen LogP contribution in [0.3, 0.4) is 0 Å². The number of carbonyl (C=O) groups is 2. The lowest BCUT2D eigenvalue weighted by Gasteiger charge is -2.13. The Kier molecular flexibility index (Phi) is 5.15. The van der Waals surface area contributed by atoms with Gasteiger partial charge in [-0.3, -0.25) is 4.79 Å². The lowest BCUT2D eigenvalue weighted by atomic mass is 10.2. The van der Waals surface area contributed by atoms with Gasteiger partial charge in [-0.1, -0.05) is 12.1 Å². The SMILES string of the molecule is CCOC(=O)C(C)NC(=O)c1ccccc1Br. The van der Waals surface area contributed by atoms with Crippen LogP contribution < -0.4 is 5.32 Å². The van der Waals surface area contributed by atoms with Gasteiger partial charge < -0.3 is 10.1 Å². The van der Waals surface area contributed by atoms with Crippen molar-refractivity contribution in [1.29, 1.82) is 0 Å². The molecule has 0 aliphatic heterocycles. The van der Waals surface area contributed by atoms with E-state index in [1.807, 2.05) is 6.07 Å². The zero-order valence-corrected chi connectivity index (χ0v) is 11.3. The van der Waals surface area contributed by atoms with Crippen LogP contribution in [-0.2, 0) is 9.53 Å². The molecule has 1 aromatic rings. The maximum atomic E-state index is 11.8. The van der Waals surface area contributed by atoms with E-state index in [0.717, 1.165) is 0 Å². The first kappa shape index (κ1) is 13.7. The van der Waals surface area contributed by atoms with E-state index in [-0.39, 0.29) is 5.91 Å². The summed E-state index contributed by atoms with van der Waals surface area (Å²) in [6, 6.07) is 6.36. The minimum atomic E-state index is -0.658. The number of nitrogens with one attached hydrogen (secondary N) is 1. The molecule has 0 radical (unpaired) electrons. The summed E-state index contributed by atoms with van der Waals surface area (Å²) in [6.45, 7) is 3.61. The molecule has 1 aromatic carbocycles. The first-order valence-corrected chi connectivity index (χ1v) is 6.07. The van der Waals surface area contributed by atoms with Gasteiger partial charge in [0.25, 0.3) is 5.91 Å². The molecule has 0 bridgehead atoms. The van der Waals surface area contributed by atoms with E-state index in [0.29, 0.717) is 16.6 Å². The van der Waals surface area contributed by atoms with Crippen LogP contribution in [-0.4, -0.2) is 24.5 Å². The van der Waals surface area contributed by atoms with Crippen molar-refractivity contribution in [3.05, 3.63) is 34.3 Å². The summed E-state index contributed by atoms with van der Waals surface area (Å²) in [5.41, 5.74) is 0.489. The number of carbonyl (C=O) groups excluding carboxylic acids is 2. The molecule has 1 amide bonds. The third-order valence-electron chi connectivity index (χ3n) is 2.11. The maximum Gasteiger partial charge on any atom is 0.328 e. The van der Waals surface area contributed by atoms with E-state index in [4.69, 9.17) is 4.74 Å². The molecule has 0 aromatic heterocycles. The van der Waals surface area contributed by atoms with Gasteiger partial charge in [0.1, 0.15) is 6.04 Å². The quantitative estimate of drug-likeness (QED) is 0.867. The van der Waals surface area contributed by atoms with Crippen LogP contribution in [0.5, 0.6) is 0 Å². The molecule has 0 saturated carbocycles. The van der Waals surface area contributed by atoms with Gasteiger partial charge in [0.2, 0.25) is 0 Å². The second-order valence-electron chi connectivity index (χ2n) is 3.43. The zero-order chi connectivity index (χ0) is 12.8. The number of hydrogen-bond acceptors (Lipinski definition) is 3. The highest BCUT2D eigenvalue weighted by molar-refractivity contribution is 9.10. The number of hydrogen-bond donors (Lipinski definition) is 1. The molecule has 0 spiro atoms. The minimum Gasteiger partial charge on any atom is -0.464 e. The van der Waals surface area contributed by atoms with Crippen LogP contribution in [0, 0.1) is 0 Å². The maximum absolute atomic E-state index is 11.8. The Bertz CT molecular complexity index is 420. The topological polar surface area (TPSA) is 55.4 Å². The Labute approximate surface area is 108 Å². The van der Waals surface area contributed by atoms with Crippen LogP contribution in [0.4, 0.5) is 0 Å². The summed E-state index contributed by atoms with van der Waals surface area (Å²) in [7, 11) is 0. The van der Waals surface area contributed by atoms with E-state index in [1.54, 1.807) is 32.0 Å². The molecule has 1 atom stereocenters. The van der Waals surface area contributed by atoms with Crippen LogP contribution in [0.15, 0.2) is 28.7 Å². The fourth-order valence-corrected chi connectivity index (χ4v) is 1.71. The monoisotopic (exact) mass is 299 g/mol. The van der Waals surface area contributed by atoms with Gasteiger partial charge in [0, 0.05) is 4.47 Å². The number of rotatable bonds is 4. The molecular weight excluding hydrogens is 286 g/mol. The number of amides is 1. The van der Waals surface area contributed by atoms with Gasteiger partial charge in [0.05, 0.1) is 12.2 Å². The molecule has 92 valence electrons. The predicted molar refractivity (Wildman–Crippen MR) is 67.7 cm³/mol. The smallest absolute Gasteiger partial charge is 0.328 e. The number of halogens is 1. The zero-order valence-electron chi connectivity index (χ0n) is 9.70. The van der Waals surface area contributed by atoms with Gasteiger partial charge >= 0.3 is 5.97 Å². The van der Waals surface area contributed by atoms with Crippen LogP contribution in [0.2, 0.25) is 0 Å². The van der Waals surface area contributed by atoms with Crippen molar-refractivity contribution in [3.63, 3.8) is 0 Å². The van der Waals surface area contributed by atoms with E-state index < -0.39 is 12.0 Å². The normalized spacial score (nSPS) is 11.7. The molecule has 1 unspecified atom stereocenters. The largest absolute Gasteiger partial charge is 0.464 e. The van der Waals surface area contributed by atoms with Gasteiger partial charge in [-0.15, -0.1) is 0 Å². The van der Waals surface area contributed by atoms with Gasteiger partial charge in [-0.25, -0.2) is 4.79 Å². The first-order chi connectivity index (χ1) is 8.06. The highest BCUT2D eigenvalue weighted by Crippen LogP contribution is 2.15. The van der Waals surface area contributed by atoms with Crippen LogP contribution >= 0.6 is 15.9 Å².